The summed E-state index contributed by atoms with van der Waals surface area (Å²) in [6.07, 6.45) is 3.61. The molecule has 0 bridgehead atoms. The van der Waals surface area contributed by atoms with Crippen LogP contribution in [0.2, 0.25) is 0 Å². The molecule has 2 aliphatic heterocycles. The van der Waals surface area contributed by atoms with E-state index >= 15 is 0 Å². The zero-order chi connectivity index (χ0) is 21.2. The normalized spacial score (nSPS) is 22.3. The van der Waals surface area contributed by atoms with Gasteiger partial charge in [-0.25, -0.2) is 9.98 Å². The highest BCUT2D eigenvalue weighted by molar-refractivity contribution is 14.0. The molecule has 2 saturated heterocycles. The molecular formula is C22H39IN6O2. The van der Waals surface area contributed by atoms with Gasteiger partial charge in [0.2, 0.25) is 0 Å². The Hall–Kier alpha value is -1.17. The van der Waals surface area contributed by atoms with E-state index in [0.717, 1.165) is 82.6 Å². The number of pyridine rings is 1. The number of rotatable bonds is 9. The third kappa shape index (κ3) is 7.73. The smallest absolute Gasteiger partial charge is 0.191 e. The average Bonchev–Trinajstić information content (AvgIpc) is 3.25. The molecule has 3 rings (SSSR count). The summed E-state index contributed by atoms with van der Waals surface area (Å²) in [5.74, 6) is 1.85. The van der Waals surface area contributed by atoms with E-state index in [1.54, 1.807) is 0 Å². The van der Waals surface area contributed by atoms with Crippen molar-refractivity contribution in [2.45, 2.75) is 33.2 Å². The molecule has 9 heteroatoms. The van der Waals surface area contributed by atoms with Gasteiger partial charge in [0.05, 0.1) is 13.2 Å². The lowest BCUT2D eigenvalue weighted by molar-refractivity contribution is 0.127. The molecule has 176 valence electrons. The monoisotopic (exact) mass is 546 g/mol. The van der Waals surface area contributed by atoms with Crippen molar-refractivity contribution in [3.05, 3.63) is 23.9 Å². The molecule has 31 heavy (non-hydrogen) atoms. The highest BCUT2D eigenvalue weighted by atomic mass is 127. The summed E-state index contributed by atoms with van der Waals surface area (Å²) in [5.41, 5.74) is 1.15. The number of piperazine rings is 1. The first-order valence-electron chi connectivity index (χ1n) is 11.3. The van der Waals surface area contributed by atoms with Crippen LogP contribution in [0.15, 0.2) is 23.3 Å². The number of ether oxygens (including phenoxy) is 1. The molecule has 3 N–H and O–H groups in total. The fourth-order valence-corrected chi connectivity index (χ4v) is 4.12. The first-order chi connectivity index (χ1) is 14.7. The van der Waals surface area contributed by atoms with Crippen LogP contribution in [0.25, 0.3) is 0 Å². The molecule has 0 aliphatic carbocycles. The number of hydrogen-bond donors (Lipinski definition) is 3. The molecule has 2 aliphatic rings. The highest BCUT2D eigenvalue weighted by Crippen LogP contribution is 2.31. The minimum absolute atomic E-state index is 0. The zero-order valence-electron chi connectivity index (χ0n) is 19.0. The Morgan fingerprint density at radius 2 is 2.06 bits per heavy atom. The molecule has 1 aromatic rings. The molecule has 0 amide bonds. The number of anilines is 1. The molecule has 0 aromatic carbocycles. The Morgan fingerprint density at radius 1 is 1.26 bits per heavy atom. The van der Waals surface area contributed by atoms with Gasteiger partial charge in [0, 0.05) is 64.1 Å². The first-order valence-corrected chi connectivity index (χ1v) is 11.3. The van der Waals surface area contributed by atoms with E-state index in [9.17, 15) is 5.11 Å². The maximum atomic E-state index is 9.43. The van der Waals surface area contributed by atoms with Crippen LogP contribution in [0, 0.1) is 5.41 Å². The van der Waals surface area contributed by atoms with E-state index in [0.29, 0.717) is 13.2 Å². The summed E-state index contributed by atoms with van der Waals surface area (Å²) >= 11 is 0. The van der Waals surface area contributed by atoms with Gasteiger partial charge >= 0.3 is 0 Å². The predicted octanol–water partition coefficient (Wildman–Crippen LogP) is 1.69. The van der Waals surface area contributed by atoms with Gasteiger partial charge in [0.1, 0.15) is 5.82 Å². The van der Waals surface area contributed by atoms with Crippen molar-refractivity contribution in [3.8, 4) is 0 Å². The van der Waals surface area contributed by atoms with Gasteiger partial charge in [-0.15, -0.1) is 24.0 Å². The second-order valence-electron chi connectivity index (χ2n) is 8.27. The minimum atomic E-state index is -0.00455. The number of guanidine groups is 1. The number of halogens is 1. The summed E-state index contributed by atoms with van der Waals surface area (Å²) in [6.45, 7) is 13.4. The van der Waals surface area contributed by atoms with Crippen molar-refractivity contribution < 1.29 is 9.84 Å². The second-order valence-corrected chi connectivity index (χ2v) is 8.27. The SMILES string of the molecule is CCNC(=NCc1ccnc(N2CCN(CC)CC2)c1)NCC1(CCO)CCOC1.I. The second kappa shape index (κ2) is 13.4. The predicted molar refractivity (Wildman–Crippen MR) is 136 cm³/mol. The summed E-state index contributed by atoms with van der Waals surface area (Å²) < 4.78 is 5.59. The lowest BCUT2D eigenvalue weighted by Crippen LogP contribution is -2.46. The standard InChI is InChI=1S/C22H38N6O2.HI/c1-3-23-21(26-17-22(6-13-29)7-14-30-18-22)25-16-19-5-8-24-20(15-19)28-11-9-27(4-2)10-12-28;/h5,8,15,29H,3-4,6-7,9-14,16-18H2,1-2H3,(H2,23,25,26);1H. The number of aliphatic imine (C=N–C) groups is 1. The van der Waals surface area contributed by atoms with E-state index in [2.05, 4.69) is 45.3 Å². The van der Waals surface area contributed by atoms with Crippen LogP contribution in [-0.2, 0) is 11.3 Å². The van der Waals surface area contributed by atoms with Crippen LogP contribution < -0.4 is 15.5 Å². The topological polar surface area (TPSA) is 85.3 Å². The van der Waals surface area contributed by atoms with Gasteiger partial charge in [-0.05, 0) is 44.0 Å². The van der Waals surface area contributed by atoms with Gasteiger partial charge < -0.3 is 30.3 Å². The van der Waals surface area contributed by atoms with Gasteiger partial charge in [0.25, 0.3) is 0 Å². The van der Waals surface area contributed by atoms with Gasteiger partial charge in [-0.1, -0.05) is 6.92 Å². The van der Waals surface area contributed by atoms with E-state index in [4.69, 9.17) is 9.73 Å². The lowest BCUT2D eigenvalue weighted by atomic mass is 9.84. The van der Waals surface area contributed by atoms with Crippen LogP contribution in [0.3, 0.4) is 0 Å². The molecule has 2 fully saturated rings. The van der Waals surface area contributed by atoms with E-state index in [-0.39, 0.29) is 36.0 Å². The van der Waals surface area contributed by atoms with Crippen molar-refractivity contribution in [2.24, 2.45) is 10.4 Å². The van der Waals surface area contributed by atoms with Crippen molar-refractivity contribution in [1.82, 2.24) is 20.5 Å². The number of aliphatic hydroxyl groups is 1. The Bertz CT molecular complexity index is 676. The average molecular weight is 546 g/mol. The summed E-state index contributed by atoms with van der Waals surface area (Å²) in [4.78, 5) is 14.2. The van der Waals surface area contributed by atoms with E-state index in [1.165, 1.54) is 0 Å². The van der Waals surface area contributed by atoms with Crippen molar-refractivity contribution in [2.75, 3.05) is 70.5 Å². The molecule has 1 atom stereocenters. The number of aliphatic hydroxyl groups excluding tert-OH is 1. The molecule has 1 unspecified atom stereocenters. The van der Waals surface area contributed by atoms with Crippen LogP contribution in [0.4, 0.5) is 5.82 Å². The number of hydrogen-bond acceptors (Lipinski definition) is 6. The third-order valence-electron chi connectivity index (χ3n) is 6.18. The summed E-state index contributed by atoms with van der Waals surface area (Å²) in [7, 11) is 0. The van der Waals surface area contributed by atoms with E-state index < -0.39 is 0 Å². The van der Waals surface area contributed by atoms with Crippen LogP contribution in [0.5, 0.6) is 0 Å². The Labute approximate surface area is 203 Å². The van der Waals surface area contributed by atoms with Crippen molar-refractivity contribution >= 4 is 35.8 Å². The molecular weight excluding hydrogens is 507 g/mol. The number of nitrogens with one attached hydrogen (secondary N) is 2. The van der Waals surface area contributed by atoms with Crippen molar-refractivity contribution in [1.29, 1.82) is 0 Å². The molecule has 1 aromatic heterocycles. The molecule has 0 saturated carbocycles. The first kappa shape index (κ1) is 26.1. The fourth-order valence-electron chi connectivity index (χ4n) is 4.12. The summed E-state index contributed by atoms with van der Waals surface area (Å²) in [6, 6.07) is 4.20. The Morgan fingerprint density at radius 3 is 2.71 bits per heavy atom. The highest BCUT2D eigenvalue weighted by Gasteiger charge is 2.34. The minimum Gasteiger partial charge on any atom is -0.396 e. The van der Waals surface area contributed by atoms with Gasteiger partial charge in [-0.2, -0.15) is 0 Å². The largest absolute Gasteiger partial charge is 0.396 e. The molecule has 8 nitrogen and oxygen atoms in total. The lowest BCUT2D eigenvalue weighted by Gasteiger charge is -2.34. The van der Waals surface area contributed by atoms with Crippen LogP contribution >= 0.6 is 24.0 Å². The Kier molecular flexibility index (Phi) is 11.3. The third-order valence-corrected chi connectivity index (χ3v) is 6.18. The van der Waals surface area contributed by atoms with Crippen molar-refractivity contribution in [3.63, 3.8) is 0 Å². The Balaban J connectivity index is 0.00000341. The van der Waals surface area contributed by atoms with Crippen LogP contribution in [0.1, 0.15) is 32.3 Å². The molecule has 3 heterocycles. The van der Waals surface area contributed by atoms with Gasteiger partial charge in [-0.3, -0.25) is 0 Å². The van der Waals surface area contributed by atoms with E-state index in [1.807, 2.05) is 12.3 Å². The molecule has 0 radical (unpaired) electrons. The molecule has 0 spiro atoms. The maximum absolute atomic E-state index is 9.43. The number of likely N-dealkylation sites (N-methyl/N-ethyl adjacent to an activating group) is 1. The summed E-state index contributed by atoms with van der Waals surface area (Å²) in [5, 5.41) is 16.2. The maximum Gasteiger partial charge on any atom is 0.191 e. The fraction of sp³-hybridized carbons (Fsp3) is 0.727. The number of nitrogens with zero attached hydrogens (tertiary/aromatic N) is 4. The number of aromatic nitrogens is 1. The zero-order valence-corrected chi connectivity index (χ0v) is 21.3. The quantitative estimate of drug-likeness (QED) is 0.247. The van der Waals surface area contributed by atoms with Crippen LogP contribution in [-0.4, -0.2) is 86.6 Å². The van der Waals surface area contributed by atoms with Gasteiger partial charge in [0.15, 0.2) is 5.96 Å².